The molecular weight excluding hydrogens is 406 g/mol. The number of aromatic nitrogens is 2. The molecule has 9 heteroatoms. The fourth-order valence-corrected chi connectivity index (χ4v) is 3.20. The summed E-state index contributed by atoms with van der Waals surface area (Å²) in [4.78, 5) is 37.9. The molecule has 0 spiro atoms. The van der Waals surface area contributed by atoms with Crippen LogP contribution >= 0.6 is 11.3 Å². The summed E-state index contributed by atoms with van der Waals surface area (Å²) in [6, 6.07) is 13.6. The number of likely N-dealkylation sites (N-methyl/N-ethyl adjacent to an activating group) is 1. The average molecular weight is 427 g/mol. The van der Waals surface area contributed by atoms with Crippen LogP contribution in [0.15, 0.2) is 64.1 Å². The Morgan fingerprint density at radius 2 is 1.93 bits per heavy atom. The minimum Gasteiger partial charge on any atom is -0.492 e. The Morgan fingerprint density at radius 1 is 1.13 bits per heavy atom. The van der Waals surface area contributed by atoms with E-state index in [0.717, 1.165) is 10.2 Å². The lowest BCUT2D eigenvalue weighted by Crippen LogP contribution is -2.31. The van der Waals surface area contributed by atoms with Crippen molar-refractivity contribution in [1.29, 1.82) is 0 Å². The molecule has 0 aliphatic rings. The van der Waals surface area contributed by atoms with Gasteiger partial charge in [-0.15, -0.1) is 0 Å². The molecular formula is C21H21N3O5S. The summed E-state index contributed by atoms with van der Waals surface area (Å²) in [5.74, 6) is -0.435. The molecule has 0 atom stereocenters. The monoisotopic (exact) mass is 427 g/mol. The molecule has 3 rings (SSSR count). The van der Waals surface area contributed by atoms with Crippen LogP contribution in [0.3, 0.4) is 0 Å². The predicted molar refractivity (Wildman–Crippen MR) is 112 cm³/mol. The van der Waals surface area contributed by atoms with Crippen LogP contribution in [0.4, 0.5) is 0 Å². The molecule has 0 saturated heterocycles. The van der Waals surface area contributed by atoms with Crippen molar-refractivity contribution in [1.82, 2.24) is 14.7 Å². The highest BCUT2D eigenvalue weighted by Crippen LogP contribution is 2.09. The van der Waals surface area contributed by atoms with Crippen molar-refractivity contribution in [3.8, 4) is 5.75 Å². The van der Waals surface area contributed by atoms with Crippen LogP contribution in [0.2, 0.25) is 0 Å². The summed E-state index contributed by atoms with van der Waals surface area (Å²) in [7, 11) is 1.64. The van der Waals surface area contributed by atoms with Gasteiger partial charge in [-0.05, 0) is 40.6 Å². The van der Waals surface area contributed by atoms with Gasteiger partial charge in [0.05, 0.1) is 6.54 Å². The summed E-state index contributed by atoms with van der Waals surface area (Å²) < 4.78 is 11.7. The number of thiophene rings is 1. The molecule has 30 heavy (non-hydrogen) atoms. The van der Waals surface area contributed by atoms with Crippen LogP contribution in [-0.2, 0) is 22.6 Å². The predicted octanol–water partition coefficient (Wildman–Crippen LogP) is 2.20. The second-order valence-corrected chi connectivity index (χ2v) is 7.18. The molecule has 0 bridgehead atoms. The van der Waals surface area contributed by atoms with Crippen molar-refractivity contribution in [2.24, 2.45) is 0 Å². The second-order valence-electron chi connectivity index (χ2n) is 6.40. The Bertz CT molecular complexity index is 1030. The Hall–Kier alpha value is -3.46. The summed E-state index contributed by atoms with van der Waals surface area (Å²) >= 11 is 1.55. The molecule has 0 N–H and O–H groups in total. The van der Waals surface area contributed by atoms with Crippen molar-refractivity contribution >= 4 is 23.2 Å². The van der Waals surface area contributed by atoms with Crippen LogP contribution in [0.25, 0.3) is 0 Å². The summed E-state index contributed by atoms with van der Waals surface area (Å²) in [6.45, 7) is 0.403. The van der Waals surface area contributed by atoms with Gasteiger partial charge in [0.1, 0.15) is 12.4 Å². The number of amides is 1. The Morgan fingerprint density at radius 3 is 2.67 bits per heavy atom. The van der Waals surface area contributed by atoms with Crippen LogP contribution in [-0.4, -0.2) is 46.8 Å². The average Bonchev–Trinajstić information content (AvgIpc) is 3.27. The fourth-order valence-electron chi connectivity index (χ4n) is 2.54. The Labute approximate surface area is 177 Å². The first kappa shape index (κ1) is 21.3. The molecule has 1 aromatic carbocycles. The molecule has 8 nitrogen and oxygen atoms in total. The number of nitrogens with zero attached hydrogens (tertiary/aromatic N) is 3. The maximum Gasteiger partial charge on any atom is 0.359 e. The van der Waals surface area contributed by atoms with Crippen molar-refractivity contribution in [3.63, 3.8) is 0 Å². The van der Waals surface area contributed by atoms with Gasteiger partial charge in [0.2, 0.25) is 0 Å². The van der Waals surface area contributed by atoms with E-state index in [9.17, 15) is 14.4 Å². The van der Waals surface area contributed by atoms with E-state index in [2.05, 4.69) is 5.10 Å². The Balaban J connectivity index is 1.52. The van der Waals surface area contributed by atoms with E-state index in [1.165, 1.54) is 17.0 Å². The number of hydrogen-bond donors (Lipinski definition) is 0. The van der Waals surface area contributed by atoms with E-state index in [1.807, 2.05) is 35.0 Å². The first-order chi connectivity index (χ1) is 14.5. The quantitative estimate of drug-likeness (QED) is 0.486. The van der Waals surface area contributed by atoms with Gasteiger partial charge in [0.15, 0.2) is 12.3 Å². The van der Waals surface area contributed by atoms with Crippen molar-refractivity contribution in [3.05, 3.63) is 80.9 Å². The molecule has 0 saturated carbocycles. The standard InChI is InChI=1S/C21H21N3O5S/c1-23(13-16-9-12-30-15-16)20(26)14-29-21(27)18-7-8-19(25)24(22-18)10-11-28-17-5-3-2-4-6-17/h2-9,12,15H,10-11,13-14H2,1H3. The maximum absolute atomic E-state index is 12.2. The van der Waals surface area contributed by atoms with Gasteiger partial charge in [0, 0.05) is 19.7 Å². The number of benzene rings is 1. The van der Waals surface area contributed by atoms with Crippen LogP contribution in [0.5, 0.6) is 5.75 Å². The van der Waals surface area contributed by atoms with Gasteiger partial charge in [-0.1, -0.05) is 18.2 Å². The number of carbonyl (C=O) groups is 2. The van der Waals surface area contributed by atoms with E-state index >= 15 is 0 Å². The molecule has 0 radical (unpaired) electrons. The molecule has 0 aliphatic carbocycles. The van der Waals surface area contributed by atoms with Crippen LogP contribution < -0.4 is 10.3 Å². The van der Waals surface area contributed by atoms with E-state index in [-0.39, 0.29) is 30.3 Å². The van der Waals surface area contributed by atoms with E-state index in [4.69, 9.17) is 9.47 Å². The number of esters is 1. The molecule has 1 amide bonds. The highest BCUT2D eigenvalue weighted by atomic mass is 32.1. The summed E-state index contributed by atoms with van der Waals surface area (Å²) in [5.41, 5.74) is 0.589. The van der Waals surface area contributed by atoms with Crippen LogP contribution in [0.1, 0.15) is 16.1 Å². The molecule has 0 unspecified atom stereocenters. The zero-order valence-corrected chi connectivity index (χ0v) is 17.2. The van der Waals surface area contributed by atoms with E-state index in [1.54, 1.807) is 30.5 Å². The SMILES string of the molecule is CN(Cc1ccsc1)C(=O)COC(=O)c1ccc(=O)n(CCOc2ccccc2)n1. The maximum atomic E-state index is 12.2. The third-order valence-electron chi connectivity index (χ3n) is 4.14. The molecule has 156 valence electrons. The van der Waals surface area contributed by atoms with Crippen molar-refractivity contribution in [2.45, 2.75) is 13.1 Å². The summed E-state index contributed by atoms with van der Waals surface area (Å²) in [5, 5.41) is 7.89. The van der Waals surface area contributed by atoms with Crippen molar-refractivity contribution in [2.75, 3.05) is 20.3 Å². The molecule has 0 aliphatic heterocycles. The van der Waals surface area contributed by atoms with Gasteiger partial charge >= 0.3 is 5.97 Å². The normalized spacial score (nSPS) is 10.4. The first-order valence-corrected chi connectivity index (χ1v) is 10.2. The number of carbonyl (C=O) groups excluding carboxylic acids is 2. The molecule has 2 heterocycles. The van der Waals surface area contributed by atoms with Crippen molar-refractivity contribution < 1.29 is 19.1 Å². The lowest BCUT2D eigenvalue weighted by Gasteiger charge is -2.16. The molecule has 2 aromatic heterocycles. The van der Waals surface area contributed by atoms with Gasteiger partial charge in [-0.3, -0.25) is 9.59 Å². The van der Waals surface area contributed by atoms with E-state index < -0.39 is 12.6 Å². The fraction of sp³-hybridized carbons (Fsp3) is 0.238. The molecule has 0 fully saturated rings. The number of ether oxygens (including phenoxy) is 2. The largest absolute Gasteiger partial charge is 0.492 e. The van der Waals surface area contributed by atoms with Gasteiger partial charge in [0.25, 0.3) is 11.5 Å². The van der Waals surface area contributed by atoms with Gasteiger partial charge in [-0.25, -0.2) is 9.48 Å². The Kier molecular flexibility index (Phi) is 7.34. The zero-order valence-electron chi connectivity index (χ0n) is 16.4. The second kappa shape index (κ2) is 10.4. The van der Waals surface area contributed by atoms with E-state index in [0.29, 0.717) is 12.3 Å². The van der Waals surface area contributed by atoms with Gasteiger partial charge in [-0.2, -0.15) is 16.4 Å². The number of hydrogen-bond acceptors (Lipinski definition) is 7. The summed E-state index contributed by atoms with van der Waals surface area (Å²) in [6.07, 6.45) is 0. The third kappa shape index (κ3) is 6.02. The topological polar surface area (TPSA) is 90.7 Å². The number of rotatable bonds is 9. The zero-order chi connectivity index (χ0) is 21.3. The van der Waals surface area contributed by atoms with Gasteiger partial charge < -0.3 is 14.4 Å². The minimum atomic E-state index is -0.773. The highest BCUT2D eigenvalue weighted by molar-refractivity contribution is 7.07. The molecule has 3 aromatic rings. The van der Waals surface area contributed by atoms with Crippen LogP contribution in [0, 0.1) is 0 Å². The smallest absolute Gasteiger partial charge is 0.359 e. The lowest BCUT2D eigenvalue weighted by molar-refractivity contribution is -0.133. The third-order valence-corrected chi connectivity index (χ3v) is 4.88. The minimum absolute atomic E-state index is 0.0531. The number of para-hydroxylation sites is 1. The first-order valence-electron chi connectivity index (χ1n) is 9.21. The highest BCUT2D eigenvalue weighted by Gasteiger charge is 2.16. The lowest BCUT2D eigenvalue weighted by atomic mass is 10.3.